The third-order valence-electron chi connectivity index (χ3n) is 2.90. The Hall–Kier alpha value is -2.16. The number of benzene rings is 2. The Kier molecular flexibility index (Phi) is 4.67. The summed E-state index contributed by atoms with van der Waals surface area (Å²) in [7, 11) is 0. The van der Waals surface area contributed by atoms with E-state index in [0.29, 0.717) is 13.1 Å². The minimum atomic E-state index is -0.959. The lowest BCUT2D eigenvalue weighted by Crippen LogP contribution is -2.31. The second kappa shape index (κ2) is 6.69. The zero-order valence-corrected chi connectivity index (χ0v) is 10.6. The Bertz CT molecular complexity index is 471. The molecule has 3 heteroatoms. The Morgan fingerprint density at radius 3 is 1.63 bits per heavy atom. The van der Waals surface area contributed by atoms with E-state index in [1.807, 2.05) is 60.7 Å². The SMILES string of the molecule is O=C(CF)N(Cc1ccccc1)Cc1ccccc1. The van der Waals surface area contributed by atoms with Crippen molar-refractivity contribution in [2.24, 2.45) is 0 Å². The zero-order chi connectivity index (χ0) is 13.5. The fraction of sp³-hybridized carbons (Fsp3) is 0.188. The number of amides is 1. The lowest BCUT2D eigenvalue weighted by atomic mass is 10.1. The summed E-state index contributed by atoms with van der Waals surface area (Å²) in [5.74, 6) is -0.479. The van der Waals surface area contributed by atoms with E-state index in [4.69, 9.17) is 0 Å². The molecule has 0 atom stereocenters. The van der Waals surface area contributed by atoms with Crippen LogP contribution in [-0.2, 0) is 17.9 Å². The van der Waals surface area contributed by atoms with Crippen molar-refractivity contribution in [1.82, 2.24) is 4.90 Å². The molecule has 2 rings (SSSR count). The quantitative estimate of drug-likeness (QED) is 0.805. The Morgan fingerprint density at radius 1 is 0.842 bits per heavy atom. The Labute approximate surface area is 112 Å². The van der Waals surface area contributed by atoms with Gasteiger partial charge in [-0.15, -0.1) is 0 Å². The minimum Gasteiger partial charge on any atom is -0.332 e. The largest absolute Gasteiger partial charge is 0.332 e. The first-order valence-corrected chi connectivity index (χ1v) is 6.21. The molecular formula is C16H16FNO. The van der Waals surface area contributed by atoms with Crippen molar-refractivity contribution in [2.75, 3.05) is 6.67 Å². The molecule has 0 aliphatic rings. The summed E-state index contributed by atoms with van der Waals surface area (Å²) in [5.41, 5.74) is 2.00. The van der Waals surface area contributed by atoms with Crippen molar-refractivity contribution < 1.29 is 9.18 Å². The standard InChI is InChI=1S/C16H16FNO/c17-11-16(19)18(12-14-7-3-1-4-8-14)13-15-9-5-2-6-10-15/h1-10H,11-13H2. The summed E-state index contributed by atoms with van der Waals surface area (Å²) in [5, 5.41) is 0. The molecule has 0 aliphatic heterocycles. The van der Waals surface area contributed by atoms with Gasteiger partial charge < -0.3 is 4.90 Å². The molecule has 2 nitrogen and oxygen atoms in total. The van der Waals surface area contributed by atoms with E-state index >= 15 is 0 Å². The molecule has 98 valence electrons. The number of carbonyl (C=O) groups is 1. The van der Waals surface area contributed by atoms with Crippen molar-refractivity contribution in [3.8, 4) is 0 Å². The first-order valence-electron chi connectivity index (χ1n) is 6.21. The van der Waals surface area contributed by atoms with Gasteiger partial charge in [0.2, 0.25) is 0 Å². The van der Waals surface area contributed by atoms with Crippen LogP contribution >= 0.6 is 0 Å². The molecule has 19 heavy (non-hydrogen) atoms. The van der Waals surface area contributed by atoms with E-state index in [0.717, 1.165) is 11.1 Å². The monoisotopic (exact) mass is 257 g/mol. The van der Waals surface area contributed by atoms with Crippen molar-refractivity contribution in [2.45, 2.75) is 13.1 Å². The predicted molar refractivity (Wildman–Crippen MR) is 73.1 cm³/mol. The van der Waals surface area contributed by atoms with Gasteiger partial charge in [0.15, 0.2) is 6.67 Å². The minimum absolute atomic E-state index is 0.429. The summed E-state index contributed by atoms with van der Waals surface area (Å²) >= 11 is 0. The molecule has 0 aromatic heterocycles. The highest BCUT2D eigenvalue weighted by molar-refractivity contribution is 5.77. The predicted octanol–water partition coefficient (Wildman–Crippen LogP) is 3.18. The first-order chi connectivity index (χ1) is 9.29. The van der Waals surface area contributed by atoms with Gasteiger partial charge in [0.05, 0.1) is 0 Å². The highest BCUT2D eigenvalue weighted by Gasteiger charge is 2.13. The highest BCUT2D eigenvalue weighted by atomic mass is 19.1. The number of rotatable bonds is 5. The second-order valence-corrected chi connectivity index (χ2v) is 4.35. The fourth-order valence-electron chi connectivity index (χ4n) is 1.92. The van der Waals surface area contributed by atoms with Crippen LogP contribution in [0.15, 0.2) is 60.7 Å². The molecule has 0 spiro atoms. The van der Waals surface area contributed by atoms with Gasteiger partial charge in [0.1, 0.15) is 0 Å². The lowest BCUT2D eigenvalue weighted by Gasteiger charge is -2.21. The second-order valence-electron chi connectivity index (χ2n) is 4.35. The van der Waals surface area contributed by atoms with Crippen molar-refractivity contribution >= 4 is 5.91 Å². The lowest BCUT2D eigenvalue weighted by molar-refractivity contribution is -0.133. The molecule has 0 aliphatic carbocycles. The Balaban J connectivity index is 2.10. The molecular weight excluding hydrogens is 241 g/mol. The van der Waals surface area contributed by atoms with E-state index in [9.17, 15) is 9.18 Å². The topological polar surface area (TPSA) is 20.3 Å². The average Bonchev–Trinajstić information content (AvgIpc) is 2.48. The highest BCUT2D eigenvalue weighted by Crippen LogP contribution is 2.10. The normalized spacial score (nSPS) is 10.2. The van der Waals surface area contributed by atoms with Gasteiger partial charge >= 0.3 is 0 Å². The van der Waals surface area contributed by atoms with E-state index < -0.39 is 12.6 Å². The van der Waals surface area contributed by atoms with Crippen LogP contribution in [0.2, 0.25) is 0 Å². The summed E-state index contributed by atoms with van der Waals surface area (Å²) < 4.78 is 12.7. The first kappa shape index (κ1) is 13.3. The fourth-order valence-corrected chi connectivity index (χ4v) is 1.92. The molecule has 2 aromatic carbocycles. The summed E-state index contributed by atoms with van der Waals surface area (Å²) in [6.45, 7) is -0.101. The van der Waals surface area contributed by atoms with Crippen LogP contribution in [0.5, 0.6) is 0 Å². The molecule has 0 radical (unpaired) electrons. The van der Waals surface area contributed by atoms with Crippen molar-refractivity contribution in [3.63, 3.8) is 0 Å². The number of alkyl halides is 1. The summed E-state index contributed by atoms with van der Waals surface area (Å²) in [6, 6.07) is 19.2. The van der Waals surface area contributed by atoms with Gasteiger partial charge in [-0.05, 0) is 11.1 Å². The number of halogens is 1. The van der Waals surface area contributed by atoms with E-state index in [-0.39, 0.29) is 0 Å². The molecule has 0 saturated carbocycles. The van der Waals surface area contributed by atoms with Crippen LogP contribution in [0.3, 0.4) is 0 Å². The van der Waals surface area contributed by atoms with Gasteiger partial charge in [-0.2, -0.15) is 0 Å². The maximum atomic E-state index is 12.7. The maximum absolute atomic E-state index is 12.7. The van der Waals surface area contributed by atoms with Crippen LogP contribution < -0.4 is 0 Å². The van der Waals surface area contributed by atoms with Crippen molar-refractivity contribution in [3.05, 3.63) is 71.8 Å². The number of hydrogen-bond acceptors (Lipinski definition) is 1. The summed E-state index contributed by atoms with van der Waals surface area (Å²) in [6.07, 6.45) is 0. The smallest absolute Gasteiger partial charge is 0.254 e. The zero-order valence-electron chi connectivity index (χ0n) is 10.6. The van der Waals surface area contributed by atoms with Crippen molar-refractivity contribution in [1.29, 1.82) is 0 Å². The maximum Gasteiger partial charge on any atom is 0.254 e. The van der Waals surface area contributed by atoms with Crippen LogP contribution in [-0.4, -0.2) is 17.5 Å². The van der Waals surface area contributed by atoms with Crippen LogP contribution in [0, 0.1) is 0 Å². The third-order valence-corrected chi connectivity index (χ3v) is 2.90. The van der Waals surface area contributed by atoms with Crippen LogP contribution in [0.25, 0.3) is 0 Å². The molecule has 0 fully saturated rings. The Morgan fingerprint density at radius 2 is 1.26 bits per heavy atom. The molecule has 2 aromatic rings. The van der Waals surface area contributed by atoms with E-state index in [1.165, 1.54) is 4.90 Å². The van der Waals surface area contributed by atoms with Gasteiger partial charge in [-0.1, -0.05) is 60.7 Å². The molecule has 0 bridgehead atoms. The molecule has 0 saturated heterocycles. The van der Waals surface area contributed by atoms with Gasteiger partial charge in [0.25, 0.3) is 5.91 Å². The van der Waals surface area contributed by atoms with Crippen LogP contribution in [0.4, 0.5) is 4.39 Å². The van der Waals surface area contributed by atoms with Crippen LogP contribution in [0.1, 0.15) is 11.1 Å². The molecule has 0 heterocycles. The molecule has 0 N–H and O–H groups in total. The third kappa shape index (κ3) is 3.91. The number of nitrogens with zero attached hydrogens (tertiary/aromatic N) is 1. The molecule has 1 amide bonds. The van der Waals surface area contributed by atoms with Gasteiger partial charge in [0, 0.05) is 13.1 Å². The molecule has 0 unspecified atom stereocenters. The van der Waals surface area contributed by atoms with Gasteiger partial charge in [-0.3, -0.25) is 4.79 Å². The van der Waals surface area contributed by atoms with E-state index in [1.54, 1.807) is 0 Å². The number of hydrogen-bond donors (Lipinski definition) is 0. The van der Waals surface area contributed by atoms with Gasteiger partial charge in [-0.25, -0.2) is 4.39 Å². The number of carbonyl (C=O) groups excluding carboxylic acids is 1. The average molecular weight is 257 g/mol. The van der Waals surface area contributed by atoms with E-state index in [2.05, 4.69) is 0 Å². The summed E-state index contributed by atoms with van der Waals surface area (Å²) in [4.78, 5) is 13.2.